The lowest BCUT2D eigenvalue weighted by Gasteiger charge is -2.65. The Balaban J connectivity index is 1.19. The Morgan fingerprint density at radius 2 is 1.93 bits per heavy atom. The van der Waals surface area contributed by atoms with E-state index in [9.17, 15) is 4.79 Å². The number of benzene rings is 1. The highest BCUT2D eigenvalue weighted by Gasteiger charge is 2.55. The molecule has 0 radical (unpaired) electrons. The maximum Gasteiger partial charge on any atom is 0.326 e. The fourth-order valence-electron chi connectivity index (χ4n) is 6.48. The second-order valence-electron chi connectivity index (χ2n) is 9.94. The van der Waals surface area contributed by atoms with Gasteiger partial charge in [0.15, 0.2) is 0 Å². The molecule has 152 valence electrons. The van der Waals surface area contributed by atoms with Gasteiger partial charge in [-0.05, 0) is 77.0 Å². The zero-order valence-corrected chi connectivity index (χ0v) is 17.5. The van der Waals surface area contributed by atoms with Crippen molar-refractivity contribution in [2.75, 3.05) is 26.2 Å². The van der Waals surface area contributed by atoms with E-state index in [0.717, 1.165) is 54.8 Å². The summed E-state index contributed by atoms with van der Waals surface area (Å²) in [5, 5.41) is 0. The first-order chi connectivity index (χ1) is 13.4. The van der Waals surface area contributed by atoms with Crippen molar-refractivity contribution >= 4 is 11.0 Å². The van der Waals surface area contributed by atoms with E-state index in [1.165, 1.54) is 25.9 Å². The molecule has 1 aromatic carbocycles. The van der Waals surface area contributed by atoms with Crippen LogP contribution in [0.5, 0.6) is 0 Å². The summed E-state index contributed by atoms with van der Waals surface area (Å²) < 4.78 is 2.00. The number of hydrogen-bond donors (Lipinski definition) is 1. The summed E-state index contributed by atoms with van der Waals surface area (Å²) in [4.78, 5) is 20.8. The van der Waals surface area contributed by atoms with Crippen molar-refractivity contribution in [3.63, 3.8) is 0 Å². The lowest BCUT2D eigenvalue weighted by atomic mass is 9.62. The molecule has 28 heavy (non-hydrogen) atoms. The van der Waals surface area contributed by atoms with Crippen LogP contribution in [0, 0.1) is 11.8 Å². The SMILES string of the molecule is C[C@@H]1CC(CCN2CCC(n3c(=O)[nH]c4ccccc43)CC2)C2CN1C2(C)C. The van der Waals surface area contributed by atoms with E-state index in [1.807, 2.05) is 22.8 Å². The third kappa shape index (κ3) is 2.86. The first kappa shape index (κ1) is 18.4. The van der Waals surface area contributed by atoms with E-state index in [1.54, 1.807) is 0 Å². The fourth-order valence-corrected chi connectivity index (χ4v) is 6.48. The number of aromatic nitrogens is 2. The predicted molar refractivity (Wildman–Crippen MR) is 114 cm³/mol. The van der Waals surface area contributed by atoms with Crippen molar-refractivity contribution in [2.45, 2.75) is 64.1 Å². The van der Waals surface area contributed by atoms with Crippen LogP contribution in [0.1, 0.15) is 52.5 Å². The van der Waals surface area contributed by atoms with Gasteiger partial charge < -0.3 is 9.88 Å². The van der Waals surface area contributed by atoms with Crippen LogP contribution in [-0.4, -0.2) is 57.1 Å². The van der Waals surface area contributed by atoms with Gasteiger partial charge in [0.25, 0.3) is 0 Å². The minimum atomic E-state index is 0.0487. The molecule has 4 saturated heterocycles. The lowest BCUT2D eigenvalue weighted by Crippen LogP contribution is -2.72. The molecule has 5 heteroatoms. The highest BCUT2D eigenvalue weighted by Crippen LogP contribution is 2.50. The number of aromatic amines is 1. The van der Waals surface area contributed by atoms with Crippen LogP contribution in [-0.2, 0) is 0 Å². The van der Waals surface area contributed by atoms with Crippen LogP contribution in [0.2, 0.25) is 0 Å². The van der Waals surface area contributed by atoms with Gasteiger partial charge in [-0.2, -0.15) is 0 Å². The Morgan fingerprint density at radius 1 is 1.18 bits per heavy atom. The van der Waals surface area contributed by atoms with Crippen molar-refractivity contribution in [1.82, 2.24) is 19.4 Å². The molecular formula is C23H34N4O. The second kappa shape index (κ2) is 6.74. The fraction of sp³-hybridized carbons (Fsp3) is 0.696. The van der Waals surface area contributed by atoms with Crippen molar-refractivity contribution in [3.8, 4) is 0 Å². The Labute approximate surface area is 167 Å². The quantitative estimate of drug-likeness (QED) is 0.881. The Hall–Kier alpha value is -1.59. The van der Waals surface area contributed by atoms with Gasteiger partial charge in [-0.25, -0.2) is 4.79 Å². The van der Waals surface area contributed by atoms with E-state index in [0.29, 0.717) is 11.6 Å². The molecule has 4 atom stereocenters. The molecule has 4 aliphatic heterocycles. The average molecular weight is 383 g/mol. The van der Waals surface area contributed by atoms with Crippen LogP contribution in [0.15, 0.2) is 29.1 Å². The number of H-pyrrole nitrogens is 1. The summed E-state index contributed by atoms with van der Waals surface area (Å²) in [7, 11) is 0. The third-order valence-corrected chi connectivity index (χ3v) is 8.15. The standard InChI is InChI=1S/C23H34N4O/c1-16-14-17(19-15-26(16)23(19,2)3)8-11-25-12-9-18(10-13-25)27-21-7-5-4-6-20(21)24-22(27)28/h4-7,16-19H,8-15H2,1-3H3,(H,24,28)/t16-,17?,19?/m1/s1. The minimum Gasteiger partial charge on any atom is -0.306 e. The van der Waals surface area contributed by atoms with E-state index >= 15 is 0 Å². The normalized spacial score (nSPS) is 33.1. The molecule has 1 aromatic heterocycles. The molecular weight excluding hydrogens is 348 g/mol. The molecule has 0 amide bonds. The maximum atomic E-state index is 12.5. The Kier molecular flexibility index (Phi) is 4.44. The molecule has 0 saturated carbocycles. The van der Waals surface area contributed by atoms with Gasteiger partial charge in [-0.1, -0.05) is 12.1 Å². The largest absolute Gasteiger partial charge is 0.326 e. The molecule has 0 spiro atoms. The predicted octanol–water partition coefficient (Wildman–Crippen LogP) is 3.48. The molecule has 4 aliphatic rings. The van der Waals surface area contributed by atoms with E-state index in [2.05, 4.69) is 41.6 Å². The van der Waals surface area contributed by atoms with E-state index in [4.69, 9.17) is 0 Å². The van der Waals surface area contributed by atoms with Crippen molar-refractivity contribution in [1.29, 1.82) is 0 Å². The molecule has 5 nitrogen and oxygen atoms in total. The monoisotopic (exact) mass is 382 g/mol. The van der Waals surface area contributed by atoms with Crippen LogP contribution in [0.3, 0.4) is 0 Å². The van der Waals surface area contributed by atoms with Crippen molar-refractivity contribution < 1.29 is 0 Å². The zero-order valence-electron chi connectivity index (χ0n) is 17.5. The van der Waals surface area contributed by atoms with Crippen LogP contribution in [0.4, 0.5) is 0 Å². The number of para-hydroxylation sites is 2. The van der Waals surface area contributed by atoms with Gasteiger partial charge in [-0.3, -0.25) is 9.47 Å². The van der Waals surface area contributed by atoms with Crippen molar-refractivity contribution in [2.24, 2.45) is 11.8 Å². The number of piperidine rings is 3. The average Bonchev–Trinajstić information content (AvgIpc) is 3.01. The Bertz CT molecular complexity index is 905. The molecule has 4 fully saturated rings. The molecule has 5 heterocycles. The van der Waals surface area contributed by atoms with E-state index < -0.39 is 0 Å². The van der Waals surface area contributed by atoms with Gasteiger partial charge >= 0.3 is 5.69 Å². The summed E-state index contributed by atoms with van der Waals surface area (Å²) in [6.45, 7) is 12.0. The third-order valence-electron chi connectivity index (χ3n) is 8.15. The number of likely N-dealkylation sites (tertiary alicyclic amines) is 1. The first-order valence-electron chi connectivity index (χ1n) is 11.1. The van der Waals surface area contributed by atoms with Gasteiger partial charge in [0.1, 0.15) is 0 Å². The van der Waals surface area contributed by atoms with Gasteiger partial charge in [0.2, 0.25) is 0 Å². The van der Waals surface area contributed by atoms with Crippen molar-refractivity contribution in [3.05, 3.63) is 34.7 Å². The highest BCUT2D eigenvalue weighted by atomic mass is 16.1. The van der Waals surface area contributed by atoms with Crippen LogP contribution >= 0.6 is 0 Å². The summed E-state index contributed by atoms with van der Waals surface area (Å²) in [6.07, 6.45) is 4.86. The minimum absolute atomic E-state index is 0.0487. The second-order valence-corrected chi connectivity index (χ2v) is 9.94. The summed E-state index contributed by atoms with van der Waals surface area (Å²) in [5.74, 6) is 1.76. The van der Waals surface area contributed by atoms with Crippen LogP contribution < -0.4 is 5.69 Å². The molecule has 1 N–H and O–H groups in total. The van der Waals surface area contributed by atoms with Gasteiger partial charge in [0.05, 0.1) is 11.0 Å². The number of imidazole rings is 1. The smallest absolute Gasteiger partial charge is 0.306 e. The summed E-state index contributed by atoms with van der Waals surface area (Å²) in [6, 6.07) is 9.14. The summed E-state index contributed by atoms with van der Waals surface area (Å²) in [5.41, 5.74) is 2.47. The zero-order chi connectivity index (χ0) is 19.5. The molecule has 6 rings (SSSR count). The molecule has 0 aliphatic carbocycles. The maximum absolute atomic E-state index is 12.5. The van der Waals surface area contributed by atoms with E-state index in [-0.39, 0.29) is 5.69 Å². The number of nitrogens with zero attached hydrogens (tertiary/aromatic N) is 3. The number of fused-ring (bicyclic) bond motifs is 3. The number of nitrogens with one attached hydrogen (secondary N) is 1. The van der Waals surface area contributed by atoms with Gasteiger partial charge in [-0.15, -0.1) is 0 Å². The molecule has 2 aromatic rings. The number of rotatable bonds is 4. The van der Waals surface area contributed by atoms with Gasteiger partial charge in [0, 0.05) is 37.3 Å². The molecule has 2 bridgehead atoms. The van der Waals surface area contributed by atoms with Crippen LogP contribution in [0.25, 0.3) is 11.0 Å². The topological polar surface area (TPSA) is 44.3 Å². The summed E-state index contributed by atoms with van der Waals surface area (Å²) >= 11 is 0. The number of hydrogen-bond acceptors (Lipinski definition) is 3. The highest BCUT2D eigenvalue weighted by molar-refractivity contribution is 5.75. The molecule has 3 unspecified atom stereocenters. The lowest BCUT2D eigenvalue weighted by molar-refractivity contribution is -0.158. The Morgan fingerprint density at radius 3 is 2.64 bits per heavy atom. The first-order valence-corrected chi connectivity index (χ1v) is 11.1.